The lowest BCUT2D eigenvalue weighted by Crippen LogP contribution is -2.59. The van der Waals surface area contributed by atoms with Crippen molar-refractivity contribution in [3.8, 4) is 5.75 Å². The number of rotatable bonds is 6. The second kappa shape index (κ2) is 6.24. The molecule has 0 unspecified atom stereocenters. The summed E-state index contributed by atoms with van der Waals surface area (Å²) >= 11 is 0. The number of aromatic nitrogens is 1. The lowest BCUT2D eigenvalue weighted by atomic mass is 10.1. The van der Waals surface area contributed by atoms with Crippen LogP contribution in [0.5, 0.6) is 5.75 Å². The Balaban J connectivity index is 1.80. The normalized spacial score (nSPS) is 16.0. The molecular weight excluding hydrogens is 238 g/mol. The summed E-state index contributed by atoms with van der Waals surface area (Å²) in [6.07, 6.45) is 1.82. The summed E-state index contributed by atoms with van der Waals surface area (Å²) in [6, 6.07) is 5.19. The van der Waals surface area contributed by atoms with E-state index < -0.39 is 0 Å². The summed E-state index contributed by atoms with van der Waals surface area (Å²) < 4.78 is 5.63. The van der Waals surface area contributed by atoms with Gasteiger partial charge in [0.25, 0.3) is 0 Å². The van der Waals surface area contributed by atoms with Crippen LogP contribution in [0, 0.1) is 5.92 Å². The van der Waals surface area contributed by atoms with Gasteiger partial charge in [-0.3, -0.25) is 0 Å². The average molecular weight is 263 g/mol. The van der Waals surface area contributed by atoms with Crippen molar-refractivity contribution in [2.45, 2.75) is 39.8 Å². The first-order chi connectivity index (χ1) is 9.04. The van der Waals surface area contributed by atoms with Gasteiger partial charge in [-0.1, -0.05) is 27.7 Å². The number of pyridine rings is 1. The molecule has 0 amide bonds. The number of nitrogens with zero attached hydrogens (tertiary/aromatic N) is 2. The Kier molecular flexibility index (Phi) is 4.64. The van der Waals surface area contributed by atoms with Crippen LogP contribution < -0.4 is 15.0 Å². The van der Waals surface area contributed by atoms with Crippen molar-refractivity contribution in [2.75, 3.05) is 24.6 Å². The number of hydrogen-bond acceptors (Lipinski definition) is 4. The van der Waals surface area contributed by atoms with Crippen LogP contribution in [0.1, 0.15) is 27.7 Å². The molecule has 2 rings (SSSR count). The van der Waals surface area contributed by atoms with Crippen LogP contribution in [0.25, 0.3) is 0 Å². The molecule has 0 spiro atoms. The maximum atomic E-state index is 5.63. The van der Waals surface area contributed by atoms with Gasteiger partial charge < -0.3 is 15.0 Å². The molecule has 0 bridgehead atoms. The Morgan fingerprint density at radius 3 is 2.58 bits per heavy atom. The zero-order valence-electron chi connectivity index (χ0n) is 12.4. The van der Waals surface area contributed by atoms with Crippen LogP contribution in [-0.4, -0.2) is 36.8 Å². The molecule has 1 N–H and O–H groups in total. The van der Waals surface area contributed by atoms with Gasteiger partial charge in [0.15, 0.2) is 0 Å². The standard InChI is InChI=1S/C15H25N3O/c1-11(2)10-19-14-5-6-15(16-7-14)18-8-13(9-18)17-12(3)4/h5-7,11-13,17H,8-10H2,1-4H3. The van der Waals surface area contributed by atoms with E-state index in [0.29, 0.717) is 18.0 Å². The molecule has 2 heterocycles. The van der Waals surface area contributed by atoms with Crippen LogP contribution in [0.2, 0.25) is 0 Å². The summed E-state index contributed by atoms with van der Waals surface area (Å²) in [5.41, 5.74) is 0. The van der Waals surface area contributed by atoms with E-state index in [0.717, 1.165) is 31.3 Å². The third kappa shape index (κ3) is 4.10. The number of hydrogen-bond donors (Lipinski definition) is 1. The highest BCUT2D eigenvalue weighted by molar-refractivity contribution is 5.44. The zero-order chi connectivity index (χ0) is 13.8. The zero-order valence-corrected chi connectivity index (χ0v) is 12.4. The predicted octanol–water partition coefficient (Wildman–Crippen LogP) is 2.30. The van der Waals surface area contributed by atoms with Crippen molar-refractivity contribution in [1.29, 1.82) is 0 Å². The molecule has 1 aromatic rings. The van der Waals surface area contributed by atoms with E-state index in [1.807, 2.05) is 18.3 Å². The van der Waals surface area contributed by atoms with Crippen LogP contribution in [0.3, 0.4) is 0 Å². The summed E-state index contributed by atoms with van der Waals surface area (Å²) in [7, 11) is 0. The molecule has 0 atom stereocenters. The number of ether oxygens (including phenoxy) is 1. The van der Waals surface area contributed by atoms with E-state index in [1.54, 1.807) is 0 Å². The molecule has 0 radical (unpaired) electrons. The second-order valence-electron chi connectivity index (χ2n) is 5.98. The fourth-order valence-electron chi connectivity index (χ4n) is 2.15. The predicted molar refractivity (Wildman–Crippen MR) is 78.8 cm³/mol. The van der Waals surface area contributed by atoms with Crippen LogP contribution in [0.15, 0.2) is 18.3 Å². The van der Waals surface area contributed by atoms with Gasteiger partial charge in [-0.25, -0.2) is 4.98 Å². The third-order valence-electron chi connectivity index (χ3n) is 3.08. The first-order valence-electron chi connectivity index (χ1n) is 7.14. The summed E-state index contributed by atoms with van der Waals surface area (Å²) in [4.78, 5) is 6.75. The highest BCUT2D eigenvalue weighted by Crippen LogP contribution is 2.21. The lowest BCUT2D eigenvalue weighted by Gasteiger charge is -2.41. The molecule has 4 heteroatoms. The van der Waals surface area contributed by atoms with Gasteiger partial charge in [-0.15, -0.1) is 0 Å². The van der Waals surface area contributed by atoms with Crippen molar-refractivity contribution in [1.82, 2.24) is 10.3 Å². The van der Waals surface area contributed by atoms with Crippen molar-refractivity contribution in [2.24, 2.45) is 5.92 Å². The molecule has 0 aliphatic carbocycles. The Morgan fingerprint density at radius 2 is 2.05 bits per heavy atom. The summed E-state index contributed by atoms with van der Waals surface area (Å²) in [5.74, 6) is 2.44. The molecule has 1 aliphatic rings. The highest BCUT2D eigenvalue weighted by Gasteiger charge is 2.27. The van der Waals surface area contributed by atoms with E-state index in [9.17, 15) is 0 Å². The molecule has 19 heavy (non-hydrogen) atoms. The first kappa shape index (κ1) is 14.1. The van der Waals surface area contributed by atoms with Crippen molar-refractivity contribution >= 4 is 5.82 Å². The van der Waals surface area contributed by atoms with E-state index in [-0.39, 0.29) is 0 Å². The molecule has 1 fully saturated rings. The van der Waals surface area contributed by atoms with Gasteiger partial charge >= 0.3 is 0 Å². The fourth-order valence-corrected chi connectivity index (χ4v) is 2.15. The fraction of sp³-hybridized carbons (Fsp3) is 0.667. The molecule has 0 aromatic carbocycles. The number of anilines is 1. The van der Waals surface area contributed by atoms with E-state index >= 15 is 0 Å². The van der Waals surface area contributed by atoms with E-state index in [2.05, 4.69) is 42.9 Å². The van der Waals surface area contributed by atoms with Crippen molar-refractivity contribution in [3.63, 3.8) is 0 Å². The average Bonchev–Trinajstić information content (AvgIpc) is 2.31. The van der Waals surface area contributed by atoms with Gasteiger partial charge in [0.1, 0.15) is 11.6 Å². The maximum Gasteiger partial charge on any atom is 0.137 e. The first-order valence-corrected chi connectivity index (χ1v) is 7.14. The Morgan fingerprint density at radius 1 is 1.32 bits per heavy atom. The number of nitrogens with one attached hydrogen (secondary N) is 1. The smallest absolute Gasteiger partial charge is 0.137 e. The van der Waals surface area contributed by atoms with Crippen molar-refractivity contribution in [3.05, 3.63) is 18.3 Å². The maximum absolute atomic E-state index is 5.63. The summed E-state index contributed by atoms with van der Waals surface area (Å²) in [5, 5.41) is 3.53. The molecule has 106 valence electrons. The Hall–Kier alpha value is -1.29. The van der Waals surface area contributed by atoms with Crippen LogP contribution in [-0.2, 0) is 0 Å². The van der Waals surface area contributed by atoms with Crippen LogP contribution >= 0.6 is 0 Å². The second-order valence-corrected chi connectivity index (χ2v) is 5.98. The van der Waals surface area contributed by atoms with Crippen LogP contribution in [0.4, 0.5) is 5.82 Å². The van der Waals surface area contributed by atoms with E-state index in [1.165, 1.54) is 0 Å². The SMILES string of the molecule is CC(C)COc1ccc(N2CC(NC(C)C)C2)nc1. The topological polar surface area (TPSA) is 37.4 Å². The van der Waals surface area contributed by atoms with Gasteiger partial charge in [0.05, 0.1) is 12.8 Å². The molecule has 1 aromatic heterocycles. The van der Waals surface area contributed by atoms with Gasteiger partial charge in [-0.05, 0) is 18.1 Å². The highest BCUT2D eigenvalue weighted by atomic mass is 16.5. The molecule has 4 nitrogen and oxygen atoms in total. The summed E-state index contributed by atoms with van der Waals surface area (Å²) in [6.45, 7) is 11.5. The minimum absolute atomic E-state index is 0.540. The Bertz CT molecular complexity index is 383. The van der Waals surface area contributed by atoms with Gasteiger partial charge in [0.2, 0.25) is 0 Å². The molecular formula is C15H25N3O. The third-order valence-corrected chi connectivity index (χ3v) is 3.08. The molecule has 1 aliphatic heterocycles. The monoisotopic (exact) mass is 263 g/mol. The largest absolute Gasteiger partial charge is 0.492 e. The molecule has 0 saturated carbocycles. The molecule has 1 saturated heterocycles. The quantitative estimate of drug-likeness (QED) is 0.854. The lowest BCUT2D eigenvalue weighted by molar-refractivity contribution is 0.270. The minimum Gasteiger partial charge on any atom is -0.492 e. The van der Waals surface area contributed by atoms with E-state index in [4.69, 9.17) is 4.74 Å². The van der Waals surface area contributed by atoms with Gasteiger partial charge in [0, 0.05) is 25.2 Å². The Labute approximate surface area is 116 Å². The minimum atomic E-state index is 0.540. The van der Waals surface area contributed by atoms with Gasteiger partial charge in [-0.2, -0.15) is 0 Å². The van der Waals surface area contributed by atoms with Crippen molar-refractivity contribution < 1.29 is 4.74 Å².